The van der Waals surface area contributed by atoms with Crippen molar-refractivity contribution in [3.63, 3.8) is 0 Å². The molecule has 0 spiro atoms. The second kappa shape index (κ2) is 6.76. The summed E-state index contributed by atoms with van der Waals surface area (Å²) in [6.07, 6.45) is 6.83. The summed E-state index contributed by atoms with van der Waals surface area (Å²) in [5.74, 6) is 0.964. The number of hydrogen-bond donors (Lipinski definition) is 1. The molecule has 2 nitrogen and oxygen atoms in total. The minimum absolute atomic E-state index is 0.739. The molecule has 2 rings (SSSR count). The number of hydrogen-bond acceptors (Lipinski definition) is 2. The van der Waals surface area contributed by atoms with Crippen molar-refractivity contribution in [2.24, 2.45) is 5.92 Å². The number of benzene rings is 1. The van der Waals surface area contributed by atoms with Gasteiger partial charge in [0.05, 0.1) is 0 Å². The van der Waals surface area contributed by atoms with Crippen molar-refractivity contribution >= 4 is 21.6 Å². The summed E-state index contributed by atoms with van der Waals surface area (Å²) in [7, 11) is 2.24. The van der Waals surface area contributed by atoms with Crippen LogP contribution in [0, 0.1) is 5.92 Å². The van der Waals surface area contributed by atoms with Crippen LogP contribution in [0.1, 0.15) is 44.6 Å². The topological polar surface area (TPSA) is 29.3 Å². The highest BCUT2D eigenvalue weighted by Gasteiger charge is 2.22. The Labute approximate surface area is 125 Å². The SMILES string of the molecule is CCC1CCC(N(C)Cc2cc(N)cc(Br)c2)CC1. The van der Waals surface area contributed by atoms with E-state index in [2.05, 4.69) is 46.9 Å². The molecular formula is C16H25BrN2. The largest absolute Gasteiger partial charge is 0.399 e. The van der Waals surface area contributed by atoms with Crippen LogP contribution in [0.5, 0.6) is 0 Å². The van der Waals surface area contributed by atoms with Crippen molar-refractivity contribution in [1.29, 1.82) is 0 Å². The highest BCUT2D eigenvalue weighted by atomic mass is 79.9. The molecule has 0 saturated heterocycles. The van der Waals surface area contributed by atoms with Gasteiger partial charge in [-0.1, -0.05) is 29.3 Å². The molecule has 1 aliphatic carbocycles. The van der Waals surface area contributed by atoms with E-state index in [1.54, 1.807) is 0 Å². The maximum atomic E-state index is 5.90. The molecule has 2 N–H and O–H groups in total. The number of anilines is 1. The van der Waals surface area contributed by atoms with Gasteiger partial charge in [0.1, 0.15) is 0 Å². The third-order valence-electron chi connectivity index (χ3n) is 4.43. The normalized spacial score (nSPS) is 23.8. The van der Waals surface area contributed by atoms with Gasteiger partial charge in [-0.15, -0.1) is 0 Å². The lowest BCUT2D eigenvalue weighted by atomic mass is 9.84. The first kappa shape index (κ1) is 14.9. The molecule has 1 aromatic carbocycles. The molecule has 19 heavy (non-hydrogen) atoms. The maximum absolute atomic E-state index is 5.90. The number of nitrogens with zero attached hydrogens (tertiary/aromatic N) is 1. The minimum Gasteiger partial charge on any atom is -0.399 e. The van der Waals surface area contributed by atoms with Gasteiger partial charge in [-0.25, -0.2) is 0 Å². The summed E-state index contributed by atoms with van der Waals surface area (Å²) in [4.78, 5) is 2.49. The molecule has 1 aromatic rings. The zero-order valence-electron chi connectivity index (χ0n) is 12.0. The molecular weight excluding hydrogens is 300 g/mol. The summed E-state index contributed by atoms with van der Waals surface area (Å²) >= 11 is 3.52. The van der Waals surface area contributed by atoms with Crippen molar-refractivity contribution < 1.29 is 0 Å². The van der Waals surface area contributed by atoms with E-state index in [0.717, 1.165) is 28.7 Å². The van der Waals surface area contributed by atoms with E-state index < -0.39 is 0 Å². The third kappa shape index (κ3) is 4.22. The lowest BCUT2D eigenvalue weighted by molar-refractivity contribution is 0.157. The van der Waals surface area contributed by atoms with Gasteiger partial charge < -0.3 is 5.73 Å². The average molecular weight is 325 g/mol. The van der Waals surface area contributed by atoms with E-state index in [1.165, 1.54) is 37.7 Å². The van der Waals surface area contributed by atoms with E-state index in [1.807, 2.05) is 6.07 Å². The van der Waals surface area contributed by atoms with Crippen LogP contribution >= 0.6 is 15.9 Å². The summed E-state index contributed by atoms with van der Waals surface area (Å²) < 4.78 is 1.07. The molecule has 0 heterocycles. The second-order valence-corrected chi connectivity index (χ2v) is 6.81. The van der Waals surface area contributed by atoms with E-state index >= 15 is 0 Å². The van der Waals surface area contributed by atoms with Crippen LogP contribution in [0.4, 0.5) is 5.69 Å². The van der Waals surface area contributed by atoms with Crippen molar-refractivity contribution in [2.45, 2.75) is 51.6 Å². The summed E-state index contributed by atoms with van der Waals surface area (Å²) in [6.45, 7) is 3.31. The van der Waals surface area contributed by atoms with Gasteiger partial charge in [0.25, 0.3) is 0 Å². The van der Waals surface area contributed by atoms with Gasteiger partial charge in [-0.05, 0) is 62.4 Å². The first-order chi connectivity index (χ1) is 9.08. The van der Waals surface area contributed by atoms with Gasteiger partial charge in [0, 0.05) is 22.7 Å². The van der Waals surface area contributed by atoms with Crippen LogP contribution in [0.25, 0.3) is 0 Å². The average Bonchev–Trinajstić information content (AvgIpc) is 2.37. The number of nitrogens with two attached hydrogens (primary N) is 1. The predicted octanol–water partition coefficient (Wildman–Crippen LogP) is 4.43. The maximum Gasteiger partial charge on any atom is 0.0328 e. The molecule has 0 bridgehead atoms. The van der Waals surface area contributed by atoms with Crippen LogP contribution in [0.2, 0.25) is 0 Å². The third-order valence-corrected chi connectivity index (χ3v) is 4.89. The quantitative estimate of drug-likeness (QED) is 0.830. The van der Waals surface area contributed by atoms with E-state index in [4.69, 9.17) is 5.73 Å². The Morgan fingerprint density at radius 2 is 1.89 bits per heavy atom. The minimum atomic E-state index is 0.739. The zero-order valence-corrected chi connectivity index (χ0v) is 13.6. The zero-order chi connectivity index (χ0) is 13.8. The molecule has 106 valence electrons. The van der Waals surface area contributed by atoms with Crippen molar-refractivity contribution in [3.05, 3.63) is 28.2 Å². The predicted molar refractivity (Wildman–Crippen MR) is 86.1 cm³/mol. The number of rotatable bonds is 4. The Hall–Kier alpha value is -0.540. The molecule has 0 radical (unpaired) electrons. The first-order valence-electron chi connectivity index (χ1n) is 7.33. The standard InChI is InChI=1S/C16H25BrN2/c1-3-12-4-6-16(7-5-12)19(2)11-13-8-14(17)10-15(18)9-13/h8-10,12,16H,3-7,11,18H2,1-2H3. The Bertz CT molecular complexity index is 391. The van der Waals surface area contributed by atoms with E-state index in [0.29, 0.717) is 0 Å². The lowest BCUT2D eigenvalue weighted by Gasteiger charge is -2.34. The molecule has 1 aliphatic rings. The summed E-state index contributed by atoms with van der Waals surface area (Å²) in [5.41, 5.74) is 8.04. The smallest absolute Gasteiger partial charge is 0.0328 e. The van der Waals surface area contributed by atoms with Gasteiger partial charge in [0.15, 0.2) is 0 Å². The van der Waals surface area contributed by atoms with Crippen molar-refractivity contribution in [3.8, 4) is 0 Å². The monoisotopic (exact) mass is 324 g/mol. The Kier molecular flexibility index (Phi) is 5.28. The highest BCUT2D eigenvalue weighted by molar-refractivity contribution is 9.10. The molecule has 0 aliphatic heterocycles. The molecule has 1 saturated carbocycles. The highest BCUT2D eigenvalue weighted by Crippen LogP contribution is 2.30. The fourth-order valence-electron chi connectivity index (χ4n) is 3.18. The fourth-order valence-corrected chi connectivity index (χ4v) is 3.74. The molecule has 0 amide bonds. The summed E-state index contributed by atoms with van der Waals surface area (Å²) in [5, 5.41) is 0. The number of halogens is 1. The van der Waals surface area contributed by atoms with E-state index in [9.17, 15) is 0 Å². The van der Waals surface area contributed by atoms with Crippen molar-refractivity contribution in [1.82, 2.24) is 4.90 Å². The molecule has 1 fully saturated rings. The lowest BCUT2D eigenvalue weighted by Crippen LogP contribution is -2.34. The van der Waals surface area contributed by atoms with E-state index in [-0.39, 0.29) is 0 Å². The Balaban J connectivity index is 1.92. The molecule has 0 unspecified atom stereocenters. The van der Waals surface area contributed by atoms with Crippen LogP contribution < -0.4 is 5.73 Å². The second-order valence-electron chi connectivity index (χ2n) is 5.89. The van der Waals surface area contributed by atoms with Crippen LogP contribution in [-0.2, 0) is 6.54 Å². The Morgan fingerprint density at radius 1 is 1.21 bits per heavy atom. The van der Waals surface area contributed by atoms with Gasteiger partial charge in [-0.3, -0.25) is 4.90 Å². The number of nitrogen functional groups attached to an aromatic ring is 1. The molecule has 0 atom stereocenters. The van der Waals surface area contributed by atoms with Gasteiger partial charge in [0.2, 0.25) is 0 Å². The fraction of sp³-hybridized carbons (Fsp3) is 0.625. The summed E-state index contributed by atoms with van der Waals surface area (Å²) in [6, 6.07) is 6.95. The Morgan fingerprint density at radius 3 is 2.47 bits per heavy atom. The van der Waals surface area contributed by atoms with Crippen LogP contribution in [0.15, 0.2) is 22.7 Å². The van der Waals surface area contributed by atoms with Crippen LogP contribution in [0.3, 0.4) is 0 Å². The van der Waals surface area contributed by atoms with Gasteiger partial charge >= 0.3 is 0 Å². The van der Waals surface area contributed by atoms with Gasteiger partial charge in [-0.2, -0.15) is 0 Å². The molecule has 0 aromatic heterocycles. The van der Waals surface area contributed by atoms with Crippen molar-refractivity contribution in [2.75, 3.05) is 12.8 Å². The molecule has 3 heteroatoms. The van der Waals surface area contributed by atoms with Crippen LogP contribution in [-0.4, -0.2) is 18.0 Å². The first-order valence-corrected chi connectivity index (χ1v) is 8.13.